The van der Waals surface area contributed by atoms with Crippen LogP contribution < -0.4 is 5.32 Å². The second kappa shape index (κ2) is 9.92. The number of rotatable bonds is 8. The third kappa shape index (κ3) is 6.29. The number of morpholine rings is 1. The van der Waals surface area contributed by atoms with Gasteiger partial charge in [0.25, 0.3) is 0 Å². The van der Waals surface area contributed by atoms with Gasteiger partial charge in [0, 0.05) is 26.1 Å². The molecule has 0 radical (unpaired) electrons. The van der Waals surface area contributed by atoms with Gasteiger partial charge in [0.05, 0.1) is 24.8 Å². The standard InChI is InChI=1S/C19H27F3N2O2/c1-2-3-4-5-18(25)23-14-17(24-10-12-26-13-11-24)15-6-8-16(9-7-15)19(20,21)22/h6-9,17H,2-5,10-14H2,1H3,(H,23,25). The van der Waals surface area contributed by atoms with Crippen molar-refractivity contribution >= 4 is 5.91 Å². The molecular weight excluding hydrogens is 345 g/mol. The number of carbonyl (C=O) groups is 1. The SMILES string of the molecule is CCCCCC(=O)NCC(c1ccc(C(F)(F)F)cc1)N1CCOCC1. The summed E-state index contributed by atoms with van der Waals surface area (Å²) >= 11 is 0. The van der Waals surface area contributed by atoms with Crippen LogP contribution in [0.15, 0.2) is 24.3 Å². The maximum absolute atomic E-state index is 12.8. The molecule has 146 valence electrons. The van der Waals surface area contributed by atoms with Crippen LogP contribution in [-0.2, 0) is 15.7 Å². The first kappa shape index (κ1) is 20.7. The minimum absolute atomic E-state index is 0.0105. The summed E-state index contributed by atoms with van der Waals surface area (Å²) < 4.78 is 43.7. The van der Waals surface area contributed by atoms with Crippen molar-refractivity contribution in [3.63, 3.8) is 0 Å². The van der Waals surface area contributed by atoms with Gasteiger partial charge >= 0.3 is 6.18 Å². The molecule has 1 heterocycles. The number of carbonyl (C=O) groups excluding carboxylic acids is 1. The molecule has 1 aromatic carbocycles. The van der Waals surface area contributed by atoms with Crippen molar-refractivity contribution in [3.05, 3.63) is 35.4 Å². The van der Waals surface area contributed by atoms with Crippen molar-refractivity contribution in [2.45, 2.75) is 44.8 Å². The Morgan fingerprint density at radius 1 is 1.19 bits per heavy atom. The summed E-state index contributed by atoms with van der Waals surface area (Å²) in [5.74, 6) is -0.0105. The van der Waals surface area contributed by atoms with E-state index >= 15 is 0 Å². The molecule has 4 nitrogen and oxygen atoms in total. The Morgan fingerprint density at radius 2 is 1.85 bits per heavy atom. The predicted molar refractivity (Wildman–Crippen MR) is 93.7 cm³/mol. The average molecular weight is 372 g/mol. The van der Waals surface area contributed by atoms with Crippen LogP contribution in [0.1, 0.15) is 49.8 Å². The van der Waals surface area contributed by atoms with Crippen molar-refractivity contribution in [3.8, 4) is 0 Å². The largest absolute Gasteiger partial charge is 0.416 e. The molecule has 0 aromatic heterocycles. The summed E-state index contributed by atoms with van der Waals surface area (Å²) in [7, 11) is 0. The molecular formula is C19H27F3N2O2. The first-order chi connectivity index (χ1) is 12.4. The van der Waals surface area contributed by atoms with E-state index in [-0.39, 0.29) is 11.9 Å². The third-order valence-corrected chi connectivity index (χ3v) is 4.61. The maximum atomic E-state index is 12.8. The number of unbranched alkanes of at least 4 members (excludes halogenated alkanes) is 2. The number of amides is 1. The summed E-state index contributed by atoms with van der Waals surface area (Å²) in [5, 5.41) is 2.94. The minimum atomic E-state index is -4.35. The molecule has 1 aliphatic heterocycles. The Morgan fingerprint density at radius 3 is 2.42 bits per heavy atom. The molecule has 1 fully saturated rings. The fourth-order valence-electron chi connectivity index (χ4n) is 3.08. The first-order valence-electron chi connectivity index (χ1n) is 9.17. The molecule has 0 spiro atoms. The molecule has 26 heavy (non-hydrogen) atoms. The zero-order chi connectivity index (χ0) is 19.0. The third-order valence-electron chi connectivity index (χ3n) is 4.61. The molecule has 1 aliphatic rings. The van der Waals surface area contributed by atoms with Gasteiger partial charge in [-0.3, -0.25) is 9.69 Å². The predicted octanol–water partition coefficient (Wildman–Crippen LogP) is 3.78. The van der Waals surface area contributed by atoms with Crippen molar-refractivity contribution in [1.29, 1.82) is 0 Å². The quantitative estimate of drug-likeness (QED) is 0.706. The van der Waals surface area contributed by atoms with Crippen molar-refractivity contribution in [2.75, 3.05) is 32.8 Å². The molecule has 1 N–H and O–H groups in total. The van der Waals surface area contributed by atoms with Crippen LogP contribution >= 0.6 is 0 Å². The number of benzene rings is 1. The van der Waals surface area contributed by atoms with Crippen molar-refractivity contribution in [2.24, 2.45) is 0 Å². The van der Waals surface area contributed by atoms with Gasteiger partial charge in [0.2, 0.25) is 5.91 Å². The maximum Gasteiger partial charge on any atom is 0.416 e. The lowest BCUT2D eigenvalue weighted by Crippen LogP contribution is -2.43. The molecule has 1 atom stereocenters. The molecule has 0 bridgehead atoms. The molecule has 1 unspecified atom stereocenters. The van der Waals surface area contributed by atoms with E-state index in [1.54, 1.807) is 0 Å². The smallest absolute Gasteiger partial charge is 0.379 e. The number of nitrogens with one attached hydrogen (secondary N) is 1. The minimum Gasteiger partial charge on any atom is -0.379 e. The van der Waals surface area contributed by atoms with Crippen LogP contribution in [0, 0.1) is 0 Å². The van der Waals surface area contributed by atoms with Gasteiger partial charge in [-0.2, -0.15) is 13.2 Å². The van der Waals surface area contributed by atoms with Gasteiger partial charge in [0.15, 0.2) is 0 Å². The molecule has 1 saturated heterocycles. The second-order valence-electron chi connectivity index (χ2n) is 6.55. The lowest BCUT2D eigenvalue weighted by molar-refractivity contribution is -0.137. The monoisotopic (exact) mass is 372 g/mol. The van der Waals surface area contributed by atoms with Gasteiger partial charge in [-0.25, -0.2) is 0 Å². The van der Waals surface area contributed by atoms with Gasteiger partial charge in [-0.05, 0) is 24.1 Å². The summed E-state index contributed by atoms with van der Waals surface area (Å²) in [6, 6.07) is 5.06. The Balaban J connectivity index is 2.04. The van der Waals surface area contributed by atoms with E-state index < -0.39 is 11.7 Å². The molecule has 2 rings (SSSR count). The van der Waals surface area contributed by atoms with E-state index in [0.29, 0.717) is 39.3 Å². The number of nitrogens with zero attached hydrogens (tertiary/aromatic N) is 1. The number of hydrogen-bond donors (Lipinski definition) is 1. The Bertz CT molecular complexity index is 555. The van der Waals surface area contributed by atoms with E-state index in [0.717, 1.165) is 37.0 Å². The molecule has 1 amide bonds. The number of halogens is 3. The van der Waals surface area contributed by atoms with Gasteiger partial charge in [-0.15, -0.1) is 0 Å². The zero-order valence-corrected chi connectivity index (χ0v) is 15.1. The second-order valence-corrected chi connectivity index (χ2v) is 6.55. The van der Waals surface area contributed by atoms with Crippen LogP contribution in [0.4, 0.5) is 13.2 Å². The number of hydrogen-bond acceptors (Lipinski definition) is 3. The van der Waals surface area contributed by atoms with Gasteiger partial charge < -0.3 is 10.1 Å². The summed E-state index contributed by atoms with van der Waals surface area (Å²) in [6.45, 7) is 5.02. The van der Waals surface area contributed by atoms with E-state index in [2.05, 4.69) is 17.1 Å². The molecule has 1 aromatic rings. The summed E-state index contributed by atoms with van der Waals surface area (Å²) in [6.07, 6.45) is -0.948. The van der Waals surface area contributed by atoms with E-state index in [9.17, 15) is 18.0 Å². The normalized spacial score (nSPS) is 17.1. The van der Waals surface area contributed by atoms with Crippen LogP contribution in [0.5, 0.6) is 0 Å². The average Bonchev–Trinajstić information content (AvgIpc) is 2.63. The Labute approximate surface area is 152 Å². The van der Waals surface area contributed by atoms with Crippen LogP contribution in [0.3, 0.4) is 0 Å². The highest BCUT2D eigenvalue weighted by molar-refractivity contribution is 5.75. The van der Waals surface area contributed by atoms with E-state index in [1.807, 2.05) is 0 Å². The van der Waals surface area contributed by atoms with Crippen molar-refractivity contribution < 1.29 is 22.7 Å². The lowest BCUT2D eigenvalue weighted by atomic mass is 10.0. The fraction of sp³-hybridized carbons (Fsp3) is 0.632. The number of ether oxygens (including phenoxy) is 1. The highest BCUT2D eigenvalue weighted by Crippen LogP contribution is 2.31. The molecule has 0 saturated carbocycles. The van der Waals surface area contributed by atoms with Crippen LogP contribution in [0.2, 0.25) is 0 Å². The van der Waals surface area contributed by atoms with E-state index in [1.165, 1.54) is 12.1 Å². The van der Waals surface area contributed by atoms with Crippen LogP contribution in [0.25, 0.3) is 0 Å². The molecule has 7 heteroatoms. The summed E-state index contributed by atoms with van der Waals surface area (Å²) in [5.41, 5.74) is 0.110. The fourth-order valence-corrected chi connectivity index (χ4v) is 3.08. The zero-order valence-electron chi connectivity index (χ0n) is 15.1. The van der Waals surface area contributed by atoms with Crippen molar-refractivity contribution in [1.82, 2.24) is 10.2 Å². The summed E-state index contributed by atoms with van der Waals surface area (Å²) in [4.78, 5) is 14.2. The number of alkyl halides is 3. The van der Waals surface area contributed by atoms with Gasteiger partial charge in [-0.1, -0.05) is 31.9 Å². The molecule has 0 aliphatic carbocycles. The first-order valence-corrected chi connectivity index (χ1v) is 9.17. The Kier molecular flexibility index (Phi) is 7.90. The van der Waals surface area contributed by atoms with Crippen LogP contribution in [-0.4, -0.2) is 43.7 Å². The van der Waals surface area contributed by atoms with E-state index in [4.69, 9.17) is 4.74 Å². The highest BCUT2D eigenvalue weighted by atomic mass is 19.4. The highest BCUT2D eigenvalue weighted by Gasteiger charge is 2.31. The topological polar surface area (TPSA) is 41.6 Å². The van der Waals surface area contributed by atoms with Gasteiger partial charge in [0.1, 0.15) is 0 Å². The Hall–Kier alpha value is -1.60. The lowest BCUT2D eigenvalue weighted by Gasteiger charge is -2.35.